The Morgan fingerprint density at radius 1 is 1.26 bits per heavy atom. The topological polar surface area (TPSA) is 52.6 Å². The second-order valence-electron chi connectivity index (χ2n) is 5.15. The highest BCUT2D eigenvalue weighted by Gasteiger charge is 2.32. The molecule has 5 heteroatoms. The van der Waals surface area contributed by atoms with Crippen molar-refractivity contribution in [3.05, 3.63) is 42.0 Å². The van der Waals surface area contributed by atoms with Crippen LogP contribution in [0, 0.1) is 0 Å². The molecule has 0 unspecified atom stereocenters. The minimum Gasteiger partial charge on any atom is -0.497 e. The number of allylic oxidation sites excluding steroid dienone is 1. The molecule has 0 N–H and O–H groups in total. The molecule has 23 heavy (non-hydrogen) atoms. The number of methoxy groups -OCH3 is 1. The summed E-state index contributed by atoms with van der Waals surface area (Å²) in [7, 11) is 1.63. The Labute approximate surface area is 142 Å². The van der Waals surface area contributed by atoms with Gasteiger partial charge in [0.2, 0.25) is 0 Å². The van der Waals surface area contributed by atoms with Crippen LogP contribution < -0.4 is 4.74 Å². The number of carbonyl (C=O) groups is 2. The van der Waals surface area contributed by atoms with E-state index in [1.54, 1.807) is 14.0 Å². The van der Waals surface area contributed by atoms with E-state index < -0.39 is 10.7 Å². The van der Waals surface area contributed by atoms with Gasteiger partial charge in [-0.25, -0.2) is 0 Å². The molecule has 1 aromatic rings. The molecule has 0 aliphatic carbocycles. The fourth-order valence-corrected chi connectivity index (χ4v) is 3.14. The van der Waals surface area contributed by atoms with Crippen molar-refractivity contribution in [3.8, 4) is 5.75 Å². The minimum atomic E-state index is -0.749. The SMILES string of the molecule is C/C=C/[C@@](C)(SCc1ccc(OC)cc1)C(=O)CC(=O)OCC. The van der Waals surface area contributed by atoms with Crippen LogP contribution >= 0.6 is 11.8 Å². The Bertz CT molecular complexity index is 551. The van der Waals surface area contributed by atoms with E-state index in [2.05, 4.69) is 0 Å². The van der Waals surface area contributed by atoms with Crippen molar-refractivity contribution >= 4 is 23.5 Å². The fraction of sp³-hybridized carbons (Fsp3) is 0.444. The van der Waals surface area contributed by atoms with Crippen LogP contribution in [0.2, 0.25) is 0 Å². The first-order chi connectivity index (χ1) is 10.9. The smallest absolute Gasteiger partial charge is 0.313 e. The summed E-state index contributed by atoms with van der Waals surface area (Å²) in [6.45, 7) is 5.71. The van der Waals surface area contributed by atoms with Crippen molar-refractivity contribution in [2.75, 3.05) is 13.7 Å². The molecular formula is C18H24O4S. The molecule has 1 atom stereocenters. The molecule has 0 radical (unpaired) electrons. The lowest BCUT2D eigenvalue weighted by Gasteiger charge is -2.23. The molecule has 1 rings (SSSR count). The second-order valence-corrected chi connectivity index (χ2v) is 6.57. The molecule has 1 aromatic carbocycles. The molecule has 0 aliphatic heterocycles. The third-order valence-electron chi connectivity index (χ3n) is 3.35. The van der Waals surface area contributed by atoms with E-state index in [4.69, 9.17) is 9.47 Å². The van der Waals surface area contributed by atoms with Crippen LogP contribution in [0.1, 0.15) is 32.8 Å². The molecule has 0 saturated heterocycles. The highest BCUT2D eigenvalue weighted by atomic mass is 32.2. The number of benzene rings is 1. The van der Waals surface area contributed by atoms with E-state index >= 15 is 0 Å². The number of rotatable bonds is 9. The maximum absolute atomic E-state index is 12.5. The van der Waals surface area contributed by atoms with Gasteiger partial charge in [0.25, 0.3) is 0 Å². The highest BCUT2D eigenvalue weighted by molar-refractivity contribution is 8.00. The quantitative estimate of drug-likeness (QED) is 0.390. The van der Waals surface area contributed by atoms with Crippen LogP contribution in [0.15, 0.2) is 36.4 Å². The number of hydrogen-bond donors (Lipinski definition) is 0. The van der Waals surface area contributed by atoms with Crippen molar-refractivity contribution < 1.29 is 19.1 Å². The first kappa shape index (κ1) is 19.3. The van der Waals surface area contributed by atoms with Gasteiger partial charge >= 0.3 is 5.97 Å². The standard InChI is InChI=1S/C18H24O4S/c1-5-11-18(3,16(19)12-17(20)22-6-2)23-13-14-7-9-15(21-4)10-8-14/h5,7-11H,6,12-13H2,1-4H3/b11-5+/t18-/m1/s1. The lowest BCUT2D eigenvalue weighted by Crippen LogP contribution is -2.32. The first-order valence-electron chi connectivity index (χ1n) is 7.54. The zero-order valence-electron chi connectivity index (χ0n) is 14.1. The zero-order chi connectivity index (χ0) is 17.3. The van der Waals surface area contributed by atoms with E-state index in [1.165, 1.54) is 11.8 Å². The number of thioether (sulfide) groups is 1. The molecule has 126 valence electrons. The van der Waals surface area contributed by atoms with Gasteiger partial charge in [0.1, 0.15) is 12.2 Å². The predicted molar refractivity (Wildman–Crippen MR) is 93.8 cm³/mol. The van der Waals surface area contributed by atoms with Crippen molar-refractivity contribution in [1.29, 1.82) is 0 Å². The molecule has 0 spiro atoms. The average molecular weight is 336 g/mol. The Morgan fingerprint density at radius 3 is 2.43 bits per heavy atom. The van der Waals surface area contributed by atoms with Crippen LogP contribution in [0.25, 0.3) is 0 Å². The normalized spacial score (nSPS) is 13.6. The van der Waals surface area contributed by atoms with Crippen molar-refractivity contribution in [2.24, 2.45) is 0 Å². The Kier molecular flexibility index (Phi) is 7.89. The molecule has 0 heterocycles. The Morgan fingerprint density at radius 2 is 1.91 bits per heavy atom. The summed E-state index contributed by atoms with van der Waals surface area (Å²) < 4.78 is 9.25. The maximum Gasteiger partial charge on any atom is 0.313 e. The third-order valence-corrected chi connectivity index (χ3v) is 4.79. The monoisotopic (exact) mass is 336 g/mol. The fourth-order valence-electron chi connectivity index (χ4n) is 2.01. The van der Waals surface area contributed by atoms with Gasteiger partial charge in [-0.05, 0) is 38.5 Å². The van der Waals surface area contributed by atoms with E-state index in [0.29, 0.717) is 5.75 Å². The number of Topliss-reactive ketones (excluding diaryl/α,β-unsaturated/α-hetero) is 1. The van der Waals surface area contributed by atoms with Gasteiger partial charge in [-0.3, -0.25) is 9.59 Å². The Hall–Kier alpha value is -1.75. The van der Waals surface area contributed by atoms with E-state index in [-0.39, 0.29) is 18.8 Å². The number of esters is 1. The average Bonchev–Trinajstić information content (AvgIpc) is 2.54. The lowest BCUT2D eigenvalue weighted by atomic mass is 10.0. The largest absolute Gasteiger partial charge is 0.497 e. The molecule has 0 bridgehead atoms. The van der Waals surface area contributed by atoms with Gasteiger partial charge in [0.05, 0.1) is 18.5 Å². The van der Waals surface area contributed by atoms with Crippen molar-refractivity contribution in [3.63, 3.8) is 0 Å². The van der Waals surface area contributed by atoms with Crippen LogP contribution in [-0.4, -0.2) is 30.2 Å². The summed E-state index contributed by atoms with van der Waals surface area (Å²) in [5, 5.41) is 0. The van der Waals surface area contributed by atoms with E-state index in [9.17, 15) is 9.59 Å². The number of ether oxygens (including phenoxy) is 2. The third kappa shape index (κ3) is 6.10. The summed E-state index contributed by atoms with van der Waals surface area (Å²) in [5.74, 6) is 0.846. The summed E-state index contributed by atoms with van der Waals surface area (Å²) in [4.78, 5) is 24.0. The summed E-state index contributed by atoms with van der Waals surface area (Å²) in [6.07, 6.45) is 3.47. The van der Waals surface area contributed by atoms with E-state index in [1.807, 2.05) is 50.3 Å². The molecule has 0 aliphatic rings. The number of hydrogen-bond acceptors (Lipinski definition) is 5. The van der Waals surface area contributed by atoms with Crippen LogP contribution in [0.5, 0.6) is 5.75 Å². The van der Waals surface area contributed by atoms with Crippen LogP contribution in [0.3, 0.4) is 0 Å². The summed E-state index contributed by atoms with van der Waals surface area (Å²) >= 11 is 1.50. The van der Waals surface area contributed by atoms with Gasteiger partial charge in [0, 0.05) is 5.75 Å². The van der Waals surface area contributed by atoms with Gasteiger partial charge in [-0.1, -0.05) is 24.3 Å². The molecule has 0 fully saturated rings. The molecule has 0 amide bonds. The zero-order valence-corrected chi connectivity index (χ0v) is 14.9. The van der Waals surface area contributed by atoms with Crippen molar-refractivity contribution in [1.82, 2.24) is 0 Å². The summed E-state index contributed by atoms with van der Waals surface area (Å²) in [6, 6.07) is 7.72. The minimum absolute atomic E-state index is 0.146. The Balaban J connectivity index is 2.75. The highest BCUT2D eigenvalue weighted by Crippen LogP contribution is 2.32. The molecule has 4 nitrogen and oxygen atoms in total. The van der Waals surface area contributed by atoms with Gasteiger partial charge in [-0.15, -0.1) is 11.8 Å². The van der Waals surface area contributed by atoms with Gasteiger partial charge in [-0.2, -0.15) is 0 Å². The first-order valence-corrected chi connectivity index (χ1v) is 8.53. The predicted octanol–water partition coefficient (Wildman–Crippen LogP) is 3.79. The van der Waals surface area contributed by atoms with Crippen LogP contribution in [-0.2, 0) is 20.1 Å². The van der Waals surface area contributed by atoms with Gasteiger partial charge in [0.15, 0.2) is 5.78 Å². The number of carbonyl (C=O) groups excluding carboxylic acids is 2. The van der Waals surface area contributed by atoms with Gasteiger partial charge < -0.3 is 9.47 Å². The molecule has 0 saturated carbocycles. The maximum atomic E-state index is 12.5. The molecule has 0 aromatic heterocycles. The number of ketones is 1. The van der Waals surface area contributed by atoms with E-state index in [0.717, 1.165) is 11.3 Å². The summed E-state index contributed by atoms with van der Waals surface area (Å²) in [5.41, 5.74) is 1.09. The molecular weight excluding hydrogens is 312 g/mol. The van der Waals surface area contributed by atoms with Crippen molar-refractivity contribution in [2.45, 2.75) is 37.7 Å². The lowest BCUT2D eigenvalue weighted by molar-refractivity contribution is -0.145. The van der Waals surface area contributed by atoms with Crippen LogP contribution in [0.4, 0.5) is 0 Å². The second kappa shape index (κ2) is 9.40.